The zero-order valence-electron chi connectivity index (χ0n) is 14.8. The Bertz CT molecular complexity index is 1040. The fourth-order valence-corrected chi connectivity index (χ4v) is 3.39. The van der Waals surface area contributed by atoms with Crippen molar-refractivity contribution >= 4 is 35.5 Å². The van der Waals surface area contributed by atoms with E-state index in [-0.39, 0.29) is 24.8 Å². The Kier molecular flexibility index (Phi) is 4.88. The molecule has 3 amide bonds. The molecule has 2 aromatic carbocycles. The number of urea groups is 1. The minimum Gasteiger partial charge on any atom is -0.269 e. The highest BCUT2D eigenvalue weighted by atomic mass is 35.5. The van der Waals surface area contributed by atoms with E-state index in [9.17, 15) is 14.0 Å². The van der Waals surface area contributed by atoms with Crippen LogP contribution >= 0.6 is 11.6 Å². The summed E-state index contributed by atoms with van der Waals surface area (Å²) in [7, 11) is 0. The van der Waals surface area contributed by atoms with Gasteiger partial charge in [-0.25, -0.2) is 9.18 Å². The molecule has 28 heavy (non-hydrogen) atoms. The van der Waals surface area contributed by atoms with Crippen molar-refractivity contribution in [2.45, 2.75) is 19.1 Å². The number of nitrogens with zero attached hydrogens (tertiary/aromatic N) is 3. The summed E-state index contributed by atoms with van der Waals surface area (Å²) in [6, 6.07) is 11.7. The molecule has 0 saturated heterocycles. The maximum absolute atomic E-state index is 13.6. The summed E-state index contributed by atoms with van der Waals surface area (Å²) in [6.07, 6.45) is 4.93. The highest BCUT2D eigenvalue weighted by Gasteiger charge is 2.47. The quantitative estimate of drug-likeness (QED) is 0.741. The second-order valence-electron chi connectivity index (χ2n) is 6.53. The van der Waals surface area contributed by atoms with E-state index in [2.05, 4.69) is 4.99 Å². The van der Waals surface area contributed by atoms with Gasteiger partial charge in [-0.1, -0.05) is 35.9 Å². The second-order valence-corrected chi connectivity index (χ2v) is 6.97. The van der Waals surface area contributed by atoms with Gasteiger partial charge in [-0.2, -0.15) is 14.3 Å². The predicted octanol–water partition coefficient (Wildman–Crippen LogP) is 3.60. The second kappa shape index (κ2) is 7.48. The number of dihydropyridines is 1. The van der Waals surface area contributed by atoms with Crippen molar-refractivity contribution < 1.29 is 18.6 Å². The molecule has 2 aliphatic rings. The summed E-state index contributed by atoms with van der Waals surface area (Å²) in [5, 5.41) is 0.574. The van der Waals surface area contributed by atoms with Crippen LogP contribution in [0.1, 0.15) is 11.1 Å². The molecule has 1 atom stereocenters. The number of benzene rings is 2. The molecule has 5 nitrogen and oxygen atoms in total. The van der Waals surface area contributed by atoms with Crippen LogP contribution in [0.5, 0.6) is 0 Å². The maximum Gasteiger partial charge on any atom is 0.501 e. The number of halogens is 2. The molecular formula is C21H16ClFN3O2+. The molecule has 0 aliphatic carbocycles. The van der Waals surface area contributed by atoms with E-state index in [0.29, 0.717) is 16.3 Å². The first-order valence-electron chi connectivity index (χ1n) is 8.71. The van der Waals surface area contributed by atoms with Gasteiger partial charge in [0.2, 0.25) is 6.04 Å². The highest BCUT2D eigenvalue weighted by molar-refractivity contribution is 6.30. The Morgan fingerprint density at radius 1 is 1.11 bits per heavy atom. The molecule has 0 spiro atoms. The Hall–Kier alpha value is -3.12. The third-order valence-corrected chi connectivity index (χ3v) is 4.88. The number of imide groups is 1. The van der Waals surface area contributed by atoms with Gasteiger partial charge >= 0.3 is 11.9 Å². The summed E-state index contributed by atoms with van der Waals surface area (Å²) < 4.78 is 15.1. The minimum absolute atomic E-state index is 0.109. The van der Waals surface area contributed by atoms with Crippen LogP contribution in [-0.2, 0) is 17.9 Å². The van der Waals surface area contributed by atoms with Crippen LogP contribution in [0.4, 0.5) is 9.18 Å². The summed E-state index contributed by atoms with van der Waals surface area (Å²) in [5.41, 5.74) is 1.90. The van der Waals surface area contributed by atoms with Crippen LogP contribution in [-0.4, -0.2) is 39.4 Å². The highest BCUT2D eigenvalue weighted by Crippen LogP contribution is 2.20. The third-order valence-electron chi connectivity index (χ3n) is 4.63. The standard InChI is InChI=1S/C21H16ClFN3O2/c22-16-8-6-14(7-9-16)12-26-20(27)19-18(5-2-10-24-19)25(21(26)28)13-15-3-1-4-17(23)11-15/h1-11,19H,12-13H2/q+1. The van der Waals surface area contributed by atoms with Gasteiger partial charge in [-0.15, -0.1) is 0 Å². The molecule has 0 bridgehead atoms. The van der Waals surface area contributed by atoms with Crippen molar-refractivity contribution in [3.05, 3.63) is 82.6 Å². The molecule has 2 heterocycles. The topological polar surface area (TPSA) is 52.8 Å². The normalized spacial score (nSPS) is 18.6. The van der Waals surface area contributed by atoms with Gasteiger partial charge in [0.05, 0.1) is 0 Å². The van der Waals surface area contributed by atoms with E-state index in [4.69, 9.17) is 11.6 Å². The summed E-state index contributed by atoms with van der Waals surface area (Å²) in [5.74, 6) is -0.763. The smallest absolute Gasteiger partial charge is 0.269 e. The van der Waals surface area contributed by atoms with Gasteiger partial charge in [0.1, 0.15) is 24.6 Å². The molecule has 0 fully saturated rings. The number of amides is 3. The van der Waals surface area contributed by atoms with Crippen molar-refractivity contribution in [2.75, 3.05) is 0 Å². The van der Waals surface area contributed by atoms with E-state index >= 15 is 0 Å². The number of aliphatic imine (C=N–C) groups is 1. The number of carbonyl (C=O) groups excluding carboxylic acids is 2. The Labute approximate surface area is 166 Å². The Morgan fingerprint density at radius 3 is 2.64 bits per heavy atom. The molecule has 2 aromatic rings. The molecule has 140 valence electrons. The van der Waals surface area contributed by atoms with Crippen LogP contribution in [0.2, 0.25) is 5.02 Å². The van der Waals surface area contributed by atoms with Crippen molar-refractivity contribution in [3.63, 3.8) is 0 Å². The SMILES string of the molecule is O=C1C2N=CC=CC2=[N+](Cc2cccc(F)c2)C(=O)N1Cc1ccc(Cl)cc1. The van der Waals surface area contributed by atoms with Gasteiger partial charge in [0, 0.05) is 11.2 Å². The van der Waals surface area contributed by atoms with Crippen LogP contribution in [0.15, 0.2) is 65.7 Å². The fraction of sp³-hybridized carbons (Fsp3) is 0.143. The van der Waals surface area contributed by atoms with E-state index < -0.39 is 12.1 Å². The van der Waals surface area contributed by atoms with Crippen LogP contribution in [0.25, 0.3) is 0 Å². The largest absolute Gasteiger partial charge is 0.501 e. The average molecular weight is 397 g/mol. The number of hydrogen-bond donors (Lipinski definition) is 0. The first-order chi connectivity index (χ1) is 13.5. The molecule has 0 N–H and O–H groups in total. The molecular weight excluding hydrogens is 381 g/mol. The Balaban J connectivity index is 1.71. The maximum atomic E-state index is 13.6. The molecule has 0 radical (unpaired) electrons. The third kappa shape index (κ3) is 3.51. The van der Waals surface area contributed by atoms with Crippen LogP contribution in [0, 0.1) is 5.82 Å². The first-order valence-corrected chi connectivity index (χ1v) is 9.09. The minimum atomic E-state index is -0.788. The average Bonchev–Trinajstić information content (AvgIpc) is 2.70. The van der Waals surface area contributed by atoms with Gasteiger partial charge < -0.3 is 0 Å². The fourth-order valence-electron chi connectivity index (χ4n) is 3.27. The molecule has 0 saturated carbocycles. The number of allylic oxidation sites excluding steroid dienone is 1. The van der Waals surface area contributed by atoms with E-state index in [1.807, 2.05) is 0 Å². The monoisotopic (exact) mass is 396 g/mol. The van der Waals surface area contributed by atoms with E-state index in [0.717, 1.165) is 5.56 Å². The zero-order valence-corrected chi connectivity index (χ0v) is 15.5. The molecule has 7 heteroatoms. The Morgan fingerprint density at radius 2 is 1.89 bits per heavy atom. The number of hydrogen-bond acceptors (Lipinski definition) is 3. The summed E-state index contributed by atoms with van der Waals surface area (Å²) in [6.45, 7) is 0.254. The lowest BCUT2D eigenvalue weighted by Crippen LogP contribution is -2.56. The van der Waals surface area contributed by atoms with Crippen molar-refractivity contribution in [1.29, 1.82) is 0 Å². The first kappa shape index (κ1) is 18.3. The van der Waals surface area contributed by atoms with Gasteiger partial charge in [-0.3, -0.25) is 4.99 Å². The summed E-state index contributed by atoms with van der Waals surface area (Å²) >= 11 is 5.91. The van der Waals surface area contributed by atoms with Crippen molar-refractivity contribution in [2.24, 2.45) is 4.99 Å². The lowest BCUT2D eigenvalue weighted by molar-refractivity contribution is -0.455. The van der Waals surface area contributed by atoms with Gasteiger partial charge in [0.15, 0.2) is 0 Å². The summed E-state index contributed by atoms with van der Waals surface area (Å²) in [4.78, 5) is 31.5. The predicted molar refractivity (Wildman–Crippen MR) is 104 cm³/mol. The molecule has 0 aromatic heterocycles. The van der Waals surface area contributed by atoms with Crippen LogP contribution < -0.4 is 0 Å². The molecule has 1 unspecified atom stereocenters. The van der Waals surface area contributed by atoms with Crippen molar-refractivity contribution in [3.8, 4) is 0 Å². The van der Waals surface area contributed by atoms with Crippen LogP contribution in [0.3, 0.4) is 0 Å². The molecule has 4 rings (SSSR count). The zero-order chi connectivity index (χ0) is 19.7. The van der Waals surface area contributed by atoms with Gasteiger partial charge in [-0.05, 0) is 47.5 Å². The van der Waals surface area contributed by atoms with Crippen molar-refractivity contribution in [1.82, 2.24) is 4.90 Å². The van der Waals surface area contributed by atoms with Gasteiger partial charge in [0.25, 0.3) is 0 Å². The lowest BCUT2D eigenvalue weighted by atomic mass is 10.0. The van der Waals surface area contributed by atoms with E-state index in [1.54, 1.807) is 54.8 Å². The molecule has 2 aliphatic heterocycles. The number of carbonyl (C=O) groups is 2. The van der Waals surface area contributed by atoms with E-state index in [1.165, 1.54) is 21.6 Å². The number of rotatable bonds is 4. The number of fused-ring (bicyclic) bond motifs is 1. The lowest BCUT2D eigenvalue weighted by Gasteiger charge is -2.26.